The molecule has 4 rings (SSSR count). The van der Waals surface area contributed by atoms with E-state index in [2.05, 4.69) is 0 Å². The molecule has 4 nitrogen and oxygen atoms in total. The molecule has 2 aromatic carbocycles. The van der Waals surface area contributed by atoms with Gasteiger partial charge in [0.05, 0.1) is 6.04 Å². The monoisotopic (exact) mass is 347 g/mol. The maximum atomic E-state index is 14.1. The number of ether oxygens (including phenoxy) is 1. The number of fused-ring (bicyclic) bond motifs is 3. The fourth-order valence-electron chi connectivity index (χ4n) is 3.09. The van der Waals surface area contributed by atoms with Crippen LogP contribution < -0.4 is 16.1 Å². The molecule has 1 aliphatic heterocycles. The number of hydrogen-bond donors (Lipinski definition) is 1. The van der Waals surface area contributed by atoms with Crippen LogP contribution in [0.15, 0.2) is 45.6 Å². The average Bonchev–Trinajstić information content (AvgIpc) is 2.58. The quantitative estimate of drug-likeness (QED) is 0.542. The Hall–Kier alpha value is -2.80. The molecule has 2 N–H and O–H groups in total. The summed E-state index contributed by atoms with van der Waals surface area (Å²) >= 11 is 0. The average molecular weight is 347 g/mol. The zero-order chi connectivity index (χ0) is 17.7. The Labute approximate surface area is 139 Å². The Morgan fingerprint density at radius 1 is 1.00 bits per heavy atom. The Balaban J connectivity index is 1.82. The van der Waals surface area contributed by atoms with Crippen molar-refractivity contribution in [2.45, 2.75) is 18.6 Å². The van der Waals surface area contributed by atoms with Crippen molar-refractivity contribution in [1.82, 2.24) is 0 Å². The summed E-state index contributed by atoms with van der Waals surface area (Å²) in [5.74, 6) is -3.03. The number of halogens is 3. The number of benzene rings is 2. The summed E-state index contributed by atoms with van der Waals surface area (Å²) in [6.07, 6.45) is -0.765. The summed E-state index contributed by atoms with van der Waals surface area (Å²) in [5.41, 5.74) is 6.35. The molecule has 0 aliphatic carbocycles. The van der Waals surface area contributed by atoms with Crippen molar-refractivity contribution in [3.8, 4) is 5.75 Å². The number of rotatable bonds is 1. The summed E-state index contributed by atoms with van der Waals surface area (Å²) in [5, 5.41) is 0.701. The molecule has 0 saturated carbocycles. The smallest absolute Gasteiger partial charge is 0.336 e. The van der Waals surface area contributed by atoms with E-state index >= 15 is 0 Å². The van der Waals surface area contributed by atoms with E-state index in [1.807, 2.05) is 0 Å². The predicted molar refractivity (Wildman–Crippen MR) is 83.8 cm³/mol. The Morgan fingerprint density at radius 3 is 2.52 bits per heavy atom. The van der Waals surface area contributed by atoms with Gasteiger partial charge < -0.3 is 14.9 Å². The molecule has 0 saturated heterocycles. The van der Waals surface area contributed by atoms with Gasteiger partial charge in [0, 0.05) is 28.6 Å². The molecule has 0 spiro atoms. The second-order valence-corrected chi connectivity index (χ2v) is 5.91. The Morgan fingerprint density at radius 2 is 1.72 bits per heavy atom. The van der Waals surface area contributed by atoms with Crippen molar-refractivity contribution >= 4 is 11.0 Å². The van der Waals surface area contributed by atoms with Crippen LogP contribution in [0.4, 0.5) is 13.2 Å². The van der Waals surface area contributed by atoms with Crippen LogP contribution in [0.1, 0.15) is 17.2 Å². The van der Waals surface area contributed by atoms with E-state index in [-0.39, 0.29) is 12.0 Å². The second-order valence-electron chi connectivity index (χ2n) is 5.91. The maximum Gasteiger partial charge on any atom is 0.336 e. The van der Waals surface area contributed by atoms with Crippen LogP contribution in [0.3, 0.4) is 0 Å². The molecule has 128 valence electrons. The lowest BCUT2D eigenvalue weighted by atomic mass is 9.92. The highest BCUT2D eigenvalue weighted by molar-refractivity contribution is 5.82. The molecule has 0 unspecified atom stereocenters. The summed E-state index contributed by atoms with van der Waals surface area (Å²) in [4.78, 5) is 11.5. The fraction of sp³-hybridized carbons (Fsp3) is 0.167. The molecule has 3 aromatic rings. The van der Waals surface area contributed by atoms with Crippen LogP contribution in [0.2, 0.25) is 0 Å². The van der Waals surface area contributed by atoms with Gasteiger partial charge in [-0.3, -0.25) is 0 Å². The summed E-state index contributed by atoms with van der Waals surface area (Å²) in [6, 6.07) is 6.74. The van der Waals surface area contributed by atoms with Gasteiger partial charge in [-0.1, -0.05) is 0 Å². The first-order valence-corrected chi connectivity index (χ1v) is 7.56. The topological polar surface area (TPSA) is 65.5 Å². The maximum absolute atomic E-state index is 14.1. The van der Waals surface area contributed by atoms with Crippen LogP contribution in [-0.4, -0.2) is 6.04 Å². The molecule has 25 heavy (non-hydrogen) atoms. The van der Waals surface area contributed by atoms with Gasteiger partial charge in [0.2, 0.25) is 0 Å². The van der Waals surface area contributed by atoms with Gasteiger partial charge in [-0.25, -0.2) is 18.0 Å². The van der Waals surface area contributed by atoms with Gasteiger partial charge in [0.25, 0.3) is 0 Å². The fourth-order valence-corrected chi connectivity index (χ4v) is 3.09. The van der Waals surface area contributed by atoms with Crippen LogP contribution in [-0.2, 0) is 6.42 Å². The SMILES string of the molecule is N[C@@H]1Cc2c(ccc3ccc(=O)oc23)O[C@H]1c1cc(F)c(F)cc1F. The molecule has 0 amide bonds. The minimum absolute atomic E-state index is 0.160. The second kappa shape index (κ2) is 5.63. The lowest BCUT2D eigenvalue weighted by Gasteiger charge is -2.32. The number of hydrogen-bond acceptors (Lipinski definition) is 4. The minimum atomic E-state index is -1.28. The molecule has 7 heteroatoms. The first-order chi connectivity index (χ1) is 11.9. The van der Waals surface area contributed by atoms with Gasteiger partial charge >= 0.3 is 5.63 Å². The van der Waals surface area contributed by atoms with E-state index in [0.717, 1.165) is 6.07 Å². The van der Waals surface area contributed by atoms with Crippen molar-refractivity contribution in [2.24, 2.45) is 5.73 Å². The zero-order valence-corrected chi connectivity index (χ0v) is 12.8. The molecule has 0 fully saturated rings. The van der Waals surface area contributed by atoms with Crippen LogP contribution in [0, 0.1) is 17.5 Å². The van der Waals surface area contributed by atoms with Gasteiger partial charge in [-0.05, 0) is 30.7 Å². The molecular weight excluding hydrogens is 335 g/mol. The van der Waals surface area contributed by atoms with Crippen LogP contribution in [0.5, 0.6) is 5.75 Å². The lowest BCUT2D eigenvalue weighted by molar-refractivity contribution is 0.149. The van der Waals surface area contributed by atoms with Gasteiger partial charge in [0.1, 0.15) is 23.3 Å². The largest absolute Gasteiger partial charge is 0.484 e. The van der Waals surface area contributed by atoms with Crippen molar-refractivity contribution in [2.75, 3.05) is 0 Å². The molecule has 0 bridgehead atoms. The van der Waals surface area contributed by atoms with Crippen molar-refractivity contribution in [1.29, 1.82) is 0 Å². The Kier molecular flexibility index (Phi) is 3.54. The highest BCUT2D eigenvalue weighted by Gasteiger charge is 2.33. The van der Waals surface area contributed by atoms with E-state index in [1.165, 1.54) is 6.07 Å². The molecule has 1 aliphatic rings. The molecule has 2 heterocycles. The number of nitrogens with two attached hydrogens (primary N) is 1. The first-order valence-electron chi connectivity index (χ1n) is 7.56. The van der Waals surface area contributed by atoms with Crippen molar-refractivity contribution in [3.63, 3.8) is 0 Å². The minimum Gasteiger partial charge on any atom is -0.484 e. The van der Waals surface area contributed by atoms with E-state index in [0.29, 0.717) is 28.3 Å². The molecule has 1 aromatic heterocycles. The standard InChI is InChI=1S/C18H12F3NO3/c19-11-7-13(21)12(20)5-9(11)18-14(22)6-10-15(24-18)3-1-8-2-4-16(23)25-17(8)10/h1-5,7,14,18H,6,22H2/t14-,18+/m1/s1. The Bertz CT molecular complexity index is 1050. The zero-order valence-electron chi connectivity index (χ0n) is 12.8. The third kappa shape index (κ3) is 2.56. The van der Waals surface area contributed by atoms with E-state index < -0.39 is 35.2 Å². The molecular formula is C18H12F3NO3. The van der Waals surface area contributed by atoms with Crippen molar-refractivity contribution in [3.05, 3.63) is 75.4 Å². The third-order valence-electron chi connectivity index (χ3n) is 4.28. The van der Waals surface area contributed by atoms with Crippen LogP contribution in [0.25, 0.3) is 11.0 Å². The third-order valence-corrected chi connectivity index (χ3v) is 4.28. The van der Waals surface area contributed by atoms with Crippen LogP contribution >= 0.6 is 0 Å². The highest BCUT2D eigenvalue weighted by Crippen LogP contribution is 2.38. The van der Waals surface area contributed by atoms with Gasteiger partial charge in [0.15, 0.2) is 11.6 Å². The van der Waals surface area contributed by atoms with E-state index in [1.54, 1.807) is 18.2 Å². The summed E-state index contributed by atoms with van der Waals surface area (Å²) in [6.45, 7) is 0. The normalized spacial score (nSPS) is 19.5. The molecule has 2 atom stereocenters. The summed E-state index contributed by atoms with van der Waals surface area (Å²) < 4.78 is 51.7. The van der Waals surface area contributed by atoms with Crippen molar-refractivity contribution < 1.29 is 22.3 Å². The summed E-state index contributed by atoms with van der Waals surface area (Å²) in [7, 11) is 0. The highest BCUT2D eigenvalue weighted by atomic mass is 19.2. The predicted octanol–water partition coefficient (Wildman–Crippen LogP) is 3.21. The van der Waals surface area contributed by atoms with Gasteiger partial charge in [-0.2, -0.15) is 0 Å². The van der Waals surface area contributed by atoms with E-state index in [9.17, 15) is 18.0 Å². The first kappa shape index (κ1) is 15.7. The molecule has 0 radical (unpaired) electrons. The van der Waals surface area contributed by atoms with Gasteiger partial charge in [-0.15, -0.1) is 0 Å². The van der Waals surface area contributed by atoms with E-state index in [4.69, 9.17) is 14.9 Å². The lowest BCUT2D eigenvalue weighted by Crippen LogP contribution is -2.38.